The van der Waals surface area contributed by atoms with Crippen molar-refractivity contribution in [1.82, 2.24) is 0 Å². The lowest BCUT2D eigenvalue weighted by Gasteiger charge is -2.40. The van der Waals surface area contributed by atoms with Gasteiger partial charge in [0.05, 0.1) is 6.61 Å². The lowest BCUT2D eigenvalue weighted by molar-refractivity contribution is -0.132. The van der Waals surface area contributed by atoms with E-state index in [1.54, 1.807) is 6.08 Å². The van der Waals surface area contributed by atoms with Crippen LogP contribution in [0.2, 0.25) is 0 Å². The summed E-state index contributed by atoms with van der Waals surface area (Å²) in [5, 5.41) is 27.7. The first-order valence-corrected chi connectivity index (χ1v) is 5.70. The third-order valence-electron chi connectivity index (χ3n) is 3.61. The minimum Gasteiger partial charge on any atom is -0.478 e. The molecule has 1 fully saturated rings. The molecule has 0 bridgehead atoms. The van der Waals surface area contributed by atoms with E-state index in [1.165, 1.54) is 6.92 Å². The Morgan fingerprint density at radius 1 is 1.44 bits per heavy atom. The third-order valence-corrected chi connectivity index (χ3v) is 3.61. The van der Waals surface area contributed by atoms with Crippen LogP contribution in [-0.2, 0) is 4.79 Å². The van der Waals surface area contributed by atoms with Crippen molar-refractivity contribution in [2.24, 2.45) is 11.3 Å². The van der Waals surface area contributed by atoms with Gasteiger partial charge in [-0.25, -0.2) is 4.79 Å². The Morgan fingerprint density at radius 2 is 2.12 bits per heavy atom. The molecule has 4 nitrogen and oxygen atoms in total. The van der Waals surface area contributed by atoms with Gasteiger partial charge >= 0.3 is 5.97 Å². The average molecular weight is 228 g/mol. The average Bonchev–Trinajstić information content (AvgIpc) is 2.29. The molecule has 1 aliphatic carbocycles. The van der Waals surface area contributed by atoms with Gasteiger partial charge in [0.1, 0.15) is 0 Å². The Kier molecular flexibility index (Phi) is 4.50. The summed E-state index contributed by atoms with van der Waals surface area (Å²) in [6.45, 7) is 1.44. The third kappa shape index (κ3) is 2.62. The smallest absolute Gasteiger partial charge is 0.330 e. The van der Waals surface area contributed by atoms with E-state index in [4.69, 9.17) is 5.11 Å². The number of carboxylic acid groups (broad SMARTS) is 1. The number of aliphatic hydroxyl groups is 2. The van der Waals surface area contributed by atoms with Crippen LogP contribution < -0.4 is 0 Å². The highest BCUT2D eigenvalue weighted by Crippen LogP contribution is 2.42. The van der Waals surface area contributed by atoms with Crippen molar-refractivity contribution in [1.29, 1.82) is 0 Å². The van der Waals surface area contributed by atoms with E-state index >= 15 is 0 Å². The van der Waals surface area contributed by atoms with Crippen molar-refractivity contribution in [3.8, 4) is 0 Å². The number of carboxylic acids is 1. The van der Waals surface area contributed by atoms with Crippen molar-refractivity contribution in [2.75, 3.05) is 13.2 Å². The van der Waals surface area contributed by atoms with Crippen molar-refractivity contribution in [2.45, 2.75) is 32.6 Å². The number of aliphatic hydroxyl groups excluding tert-OH is 2. The van der Waals surface area contributed by atoms with E-state index in [-0.39, 0.29) is 24.7 Å². The van der Waals surface area contributed by atoms with Crippen molar-refractivity contribution in [3.05, 3.63) is 11.6 Å². The first-order chi connectivity index (χ1) is 7.55. The summed E-state index contributed by atoms with van der Waals surface area (Å²) in [4.78, 5) is 10.8. The molecule has 0 amide bonds. The summed E-state index contributed by atoms with van der Waals surface area (Å²) >= 11 is 0. The molecule has 0 radical (unpaired) electrons. The molecule has 16 heavy (non-hydrogen) atoms. The highest BCUT2D eigenvalue weighted by atomic mass is 16.4. The molecule has 1 saturated carbocycles. The van der Waals surface area contributed by atoms with Gasteiger partial charge in [-0.3, -0.25) is 0 Å². The Morgan fingerprint density at radius 3 is 2.62 bits per heavy atom. The van der Waals surface area contributed by atoms with Gasteiger partial charge in [-0.15, -0.1) is 0 Å². The van der Waals surface area contributed by atoms with E-state index in [9.17, 15) is 15.0 Å². The zero-order valence-electron chi connectivity index (χ0n) is 9.65. The quantitative estimate of drug-likeness (QED) is 0.631. The normalized spacial score (nSPS) is 31.4. The fraction of sp³-hybridized carbons (Fsp3) is 0.750. The van der Waals surface area contributed by atoms with E-state index in [0.717, 1.165) is 25.7 Å². The highest BCUT2D eigenvalue weighted by Gasteiger charge is 2.38. The molecule has 0 aromatic heterocycles. The molecule has 0 aromatic carbocycles. The fourth-order valence-corrected chi connectivity index (χ4v) is 2.55. The highest BCUT2D eigenvalue weighted by molar-refractivity contribution is 5.85. The first-order valence-electron chi connectivity index (χ1n) is 5.70. The number of rotatable bonds is 4. The monoisotopic (exact) mass is 228 g/mol. The Labute approximate surface area is 95.6 Å². The van der Waals surface area contributed by atoms with Gasteiger partial charge in [0, 0.05) is 17.6 Å². The maximum Gasteiger partial charge on any atom is 0.330 e. The van der Waals surface area contributed by atoms with E-state index in [2.05, 4.69) is 0 Å². The number of hydrogen-bond acceptors (Lipinski definition) is 3. The van der Waals surface area contributed by atoms with E-state index in [0.29, 0.717) is 0 Å². The van der Waals surface area contributed by atoms with Gasteiger partial charge in [0.25, 0.3) is 0 Å². The molecule has 0 aromatic rings. The lowest BCUT2D eigenvalue weighted by Crippen LogP contribution is -2.38. The van der Waals surface area contributed by atoms with Crippen LogP contribution >= 0.6 is 0 Å². The molecule has 0 spiro atoms. The van der Waals surface area contributed by atoms with E-state index < -0.39 is 11.4 Å². The van der Waals surface area contributed by atoms with Crippen molar-refractivity contribution < 1.29 is 20.1 Å². The largest absolute Gasteiger partial charge is 0.478 e. The minimum absolute atomic E-state index is 0.00393. The number of hydrogen-bond donors (Lipinski definition) is 3. The maximum atomic E-state index is 10.8. The van der Waals surface area contributed by atoms with Gasteiger partial charge in [0.2, 0.25) is 0 Å². The zero-order valence-corrected chi connectivity index (χ0v) is 9.65. The van der Waals surface area contributed by atoms with Crippen LogP contribution in [0.15, 0.2) is 11.6 Å². The molecule has 92 valence electrons. The van der Waals surface area contributed by atoms with Crippen molar-refractivity contribution >= 4 is 5.97 Å². The van der Waals surface area contributed by atoms with Gasteiger partial charge in [0.15, 0.2) is 0 Å². The summed E-state index contributed by atoms with van der Waals surface area (Å²) in [6, 6.07) is 0. The number of aliphatic carboxylic acids is 1. The summed E-state index contributed by atoms with van der Waals surface area (Å²) in [6.07, 6.45) is 5.24. The molecular formula is C12H20O4. The lowest BCUT2D eigenvalue weighted by atomic mass is 9.66. The van der Waals surface area contributed by atoms with E-state index in [1.807, 2.05) is 0 Å². The Hall–Kier alpha value is -0.870. The SMILES string of the molecule is CC(=CC1(CO)CCCCC1CO)C(=O)O. The molecule has 0 aliphatic heterocycles. The van der Waals surface area contributed by atoms with Crippen LogP contribution in [0.3, 0.4) is 0 Å². The molecular weight excluding hydrogens is 208 g/mol. The molecule has 0 heterocycles. The molecule has 3 N–H and O–H groups in total. The summed E-state index contributed by atoms with van der Waals surface area (Å²) in [5.74, 6) is -0.990. The van der Waals surface area contributed by atoms with Gasteiger partial charge in [-0.2, -0.15) is 0 Å². The molecule has 2 atom stereocenters. The van der Waals surface area contributed by atoms with Crippen LogP contribution in [0.5, 0.6) is 0 Å². The van der Waals surface area contributed by atoms with Crippen LogP contribution in [0.4, 0.5) is 0 Å². The molecule has 1 rings (SSSR count). The first kappa shape index (κ1) is 13.2. The van der Waals surface area contributed by atoms with Gasteiger partial charge in [-0.05, 0) is 25.7 Å². The molecule has 2 unspecified atom stereocenters. The van der Waals surface area contributed by atoms with Gasteiger partial charge in [-0.1, -0.05) is 18.9 Å². The van der Waals surface area contributed by atoms with Crippen molar-refractivity contribution in [3.63, 3.8) is 0 Å². The van der Waals surface area contributed by atoms with Crippen LogP contribution in [0.1, 0.15) is 32.6 Å². The summed E-state index contributed by atoms with van der Waals surface area (Å²) in [7, 11) is 0. The Bertz CT molecular complexity index is 285. The van der Waals surface area contributed by atoms with Crippen LogP contribution in [0.25, 0.3) is 0 Å². The second-order valence-electron chi connectivity index (χ2n) is 4.65. The predicted molar refractivity (Wildman–Crippen MR) is 60.0 cm³/mol. The minimum atomic E-state index is -0.963. The Balaban J connectivity index is 2.97. The maximum absolute atomic E-state index is 10.8. The predicted octanol–water partition coefficient (Wildman–Crippen LogP) is 1.18. The van der Waals surface area contributed by atoms with Crippen LogP contribution in [0, 0.1) is 11.3 Å². The van der Waals surface area contributed by atoms with Gasteiger partial charge < -0.3 is 15.3 Å². The standard InChI is InChI=1S/C12H20O4/c1-9(11(15)16)6-12(8-14)5-3-2-4-10(12)7-13/h6,10,13-14H,2-5,7-8H2,1H3,(H,15,16). The zero-order chi connectivity index (χ0) is 12.2. The molecule has 0 saturated heterocycles. The topological polar surface area (TPSA) is 77.8 Å². The summed E-state index contributed by atoms with van der Waals surface area (Å²) < 4.78 is 0. The summed E-state index contributed by atoms with van der Waals surface area (Å²) in [5.41, 5.74) is -0.301. The second kappa shape index (κ2) is 5.46. The number of carbonyl (C=O) groups is 1. The molecule has 4 heteroatoms. The molecule has 1 aliphatic rings. The second-order valence-corrected chi connectivity index (χ2v) is 4.65. The fourth-order valence-electron chi connectivity index (χ4n) is 2.55. The van der Waals surface area contributed by atoms with Crippen LogP contribution in [-0.4, -0.2) is 34.5 Å².